The first-order valence-corrected chi connectivity index (χ1v) is 8.78. The molecular weight excluding hydrogens is 264 g/mol. The van der Waals surface area contributed by atoms with Crippen molar-refractivity contribution in [3.05, 3.63) is 0 Å². The molecule has 2 N–H and O–H groups in total. The van der Waals surface area contributed by atoms with Crippen LogP contribution in [0.3, 0.4) is 0 Å². The van der Waals surface area contributed by atoms with Gasteiger partial charge in [0, 0.05) is 26.1 Å². The standard InChI is InChI=1S/C17H32N2O2/c1-14-4-2-5-15(12-14)13-17(20)19-9-6-16(7-10-19)21-11-3-8-18/h14-16H,2-13,18H2,1H3. The molecule has 2 atom stereocenters. The highest BCUT2D eigenvalue weighted by Crippen LogP contribution is 2.31. The lowest BCUT2D eigenvalue weighted by molar-refractivity contribution is -0.135. The highest BCUT2D eigenvalue weighted by Gasteiger charge is 2.27. The van der Waals surface area contributed by atoms with Crippen LogP contribution >= 0.6 is 0 Å². The van der Waals surface area contributed by atoms with E-state index in [9.17, 15) is 4.79 Å². The van der Waals surface area contributed by atoms with Crippen molar-refractivity contribution in [3.8, 4) is 0 Å². The molecule has 0 radical (unpaired) electrons. The summed E-state index contributed by atoms with van der Waals surface area (Å²) < 4.78 is 5.80. The van der Waals surface area contributed by atoms with Gasteiger partial charge >= 0.3 is 0 Å². The minimum Gasteiger partial charge on any atom is -0.378 e. The molecule has 4 heteroatoms. The molecule has 2 rings (SSSR count). The normalized spacial score (nSPS) is 27.8. The van der Waals surface area contributed by atoms with Gasteiger partial charge in [-0.25, -0.2) is 0 Å². The van der Waals surface area contributed by atoms with E-state index in [4.69, 9.17) is 10.5 Å². The number of carbonyl (C=O) groups excluding carboxylic acids is 1. The second-order valence-corrected chi connectivity index (χ2v) is 6.94. The third kappa shape index (κ3) is 5.59. The first-order chi connectivity index (χ1) is 10.2. The van der Waals surface area contributed by atoms with E-state index < -0.39 is 0 Å². The fourth-order valence-corrected chi connectivity index (χ4v) is 3.73. The number of carbonyl (C=O) groups is 1. The Labute approximate surface area is 129 Å². The van der Waals surface area contributed by atoms with Crippen LogP contribution in [-0.4, -0.2) is 43.2 Å². The molecule has 21 heavy (non-hydrogen) atoms. The Morgan fingerprint density at radius 3 is 2.67 bits per heavy atom. The van der Waals surface area contributed by atoms with Crippen molar-refractivity contribution in [2.24, 2.45) is 17.6 Å². The fourth-order valence-electron chi connectivity index (χ4n) is 3.73. The molecule has 1 saturated heterocycles. The lowest BCUT2D eigenvalue weighted by Crippen LogP contribution is -2.41. The average molecular weight is 296 g/mol. The van der Waals surface area contributed by atoms with E-state index in [-0.39, 0.29) is 0 Å². The second-order valence-electron chi connectivity index (χ2n) is 6.94. The van der Waals surface area contributed by atoms with E-state index in [1.807, 2.05) is 0 Å². The van der Waals surface area contributed by atoms with Crippen molar-refractivity contribution in [2.45, 2.75) is 64.4 Å². The Balaban J connectivity index is 1.65. The van der Waals surface area contributed by atoms with E-state index >= 15 is 0 Å². The lowest BCUT2D eigenvalue weighted by Gasteiger charge is -2.34. The summed E-state index contributed by atoms with van der Waals surface area (Å²) in [5, 5.41) is 0. The van der Waals surface area contributed by atoms with Crippen molar-refractivity contribution in [3.63, 3.8) is 0 Å². The second kappa shape index (κ2) is 8.74. The Kier molecular flexibility index (Phi) is 6.97. The van der Waals surface area contributed by atoms with Gasteiger partial charge in [-0.15, -0.1) is 0 Å². The molecule has 1 aliphatic heterocycles. The predicted octanol–water partition coefficient (Wildman–Crippen LogP) is 2.56. The number of hydrogen-bond donors (Lipinski definition) is 1. The smallest absolute Gasteiger partial charge is 0.222 e. The van der Waals surface area contributed by atoms with Crippen molar-refractivity contribution >= 4 is 5.91 Å². The minimum atomic E-state index is 0.329. The molecule has 2 fully saturated rings. The topological polar surface area (TPSA) is 55.6 Å². The van der Waals surface area contributed by atoms with Gasteiger partial charge in [-0.1, -0.05) is 19.8 Å². The van der Waals surface area contributed by atoms with Gasteiger partial charge < -0.3 is 15.4 Å². The third-order valence-electron chi connectivity index (χ3n) is 5.00. The van der Waals surface area contributed by atoms with E-state index in [1.54, 1.807) is 0 Å². The van der Waals surface area contributed by atoms with Gasteiger partial charge in [-0.3, -0.25) is 4.79 Å². The molecule has 1 aliphatic carbocycles. The Morgan fingerprint density at radius 2 is 2.00 bits per heavy atom. The monoisotopic (exact) mass is 296 g/mol. The number of rotatable bonds is 6. The quantitative estimate of drug-likeness (QED) is 0.766. The van der Waals surface area contributed by atoms with Crippen LogP contribution in [0.2, 0.25) is 0 Å². The predicted molar refractivity (Wildman–Crippen MR) is 85.0 cm³/mol. The first-order valence-electron chi connectivity index (χ1n) is 8.78. The molecule has 0 aromatic carbocycles. The van der Waals surface area contributed by atoms with Crippen LogP contribution in [0.15, 0.2) is 0 Å². The largest absolute Gasteiger partial charge is 0.378 e. The van der Waals surface area contributed by atoms with Gasteiger partial charge in [-0.2, -0.15) is 0 Å². The van der Waals surface area contributed by atoms with Gasteiger partial charge in [0.2, 0.25) is 5.91 Å². The molecule has 2 unspecified atom stereocenters. The zero-order valence-corrected chi connectivity index (χ0v) is 13.6. The number of amides is 1. The molecule has 2 aliphatic rings. The third-order valence-corrected chi connectivity index (χ3v) is 5.00. The van der Waals surface area contributed by atoms with E-state index in [2.05, 4.69) is 11.8 Å². The molecule has 1 amide bonds. The fraction of sp³-hybridized carbons (Fsp3) is 0.941. The number of hydrogen-bond acceptors (Lipinski definition) is 3. The maximum absolute atomic E-state index is 12.4. The van der Waals surface area contributed by atoms with E-state index in [0.717, 1.165) is 51.3 Å². The Hall–Kier alpha value is -0.610. The first kappa shape index (κ1) is 16.8. The lowest BCUT2D eigenvalue weighted by atomic mass is 9.80. The van der Waals surface area contributed by atoms with E-state index in [0.29, 0.717) is 24.5 Å². The number of ether oxygens (including phenoxy) is 1. The highest BCUT2D eigenvalue weighted by atomic mass is 16.5. The van der Waals surface area contributed by atoms with Gasteiger partial charge in [0.15, 0.2) is 0 Å². The molecule has 1 saturated carbocycles. The summed E-state index contributed by atoms with van der Waals surface area (Å²) in [4.78, 5) is 14.5. The van der Waals surface area contributed by atoms with Crippen LogP contribution in [0, 0.1) is 11.8 Å². The summed E-state index contributed by atoms with van der Waals surface area (Å²) in [6.07, 6.45) is 9.12. The molecular formula is C17H32N2O2. The summed E-state index contributed by atoms with van der Waals surface area (Å²) in [7, 11) is 0. The molecule has 0 bridgehead atoms. The summed E-state index contributed by atoms with van der Waals surface area (Å²) >= 11 is 0. The van der Waals surface area contributed by atoms with Crippen molar-refractivity contribution in [1.82, 2.24) is 4.90 Å². The number of piperidine rings is 1. The number of nitrogens with two attached hydrogens (primary N) is 1. The molecule has 122 valence electrons. The zero-order valence-electron chi connectivity index (χ0n) is 13.6. The molecule has 0 spiro atoms. The van der Waals surface area contributed by atoms with Crippen molar-refractivity contribution in [1.29, 1.82) is 0 Å². The number of likely N-dealkylation sites (tertiary alicyclic amines) is 1. The van der Waals surface area contributed by atoms with Crippen LogP contribution < -0.4 is 5.73 Å². The maximum Gasteiger partial charge on any atom is 0.222 e. The van der Waals surface area contributed by atoms with Gasteiger partial charge in [-0.05, 0) is 50.5 Å². The SMILES string of the molecule is CC1CCCC(CC(=O)N2CCC(OCCCN)CC2)C1. The summed E-state index contributed by atoms with van der Waals surface area (Å²) in [6.45, 7) is 5.51. The van der Waals surface area contributed by atoms with Gasteiger partial charge in [0.1, 0.15) is 0 Å². The minimum absolute atomic E-state index is 0.329. The molecule has 0 aromatic rings. The van der Waals surface area contributed by atoms with Crippen molar-refractivity contribution in [2.75, 3.05) is 26.2 Å². The van der Waals surface area contributed by atoms with Crippen LogP contribution in [0.25, 0.3) is 0 Å². The molecule has 0 aromatic heterocycles. The van der Waals surface area contributed by atoms with Crippen molar-refractivity contribution < 1.29 is 9.53 Å². The zero-order chi connectivity index (χ0) is 15.1. The van der Waals surface area contributed by atoms with Crippen LogP contribution in [0.5, 0.6) is 0 Å². The van der Waals surface area contributed by atoms with Gasteiger partial charge in [0.05, 0.1) is 6.10 Å². The van der Waals surface area contributed by atoms with Crippen LogP contribution in [0.1, 0.15) is 58.3 Å². The molecule has 1 heterocycles. The van der Waals surface area contributed by atoms with Gasteiger partial charge in [0.25, 0.3) is 0 Å². The maximum atomic E-state index is 12.4. The summed E-state index contributed by atoms with van der Waals surface area (Å²) in [5.41, 5.74) is 5.47. The van der Waals surface area contributed by atoms with Crippen LogP contribution in [-0.2, 0) is 9.53 Å². The molecule has 4 nitrogen and oxygen atoms in total. The highest BCUT2D eigenvalue weighted by molar-refractivity contribution is 5.76. The average Bonchev–Trinajstić information content (AvgIpc) is 2.48. The van der Waals surface area contributed by atoms with Crippen LogP contribution in [0.4, 0.5) is 0 Å². The van der Waals surface area contributed by atoms with E-state index in [1.165, 1.54) is 25.7 Å². The summed E-state index contributed by atoms with van der Waals surface area (Å²) in [6, 6.07) is 0. The number of nitrogens with zero attached hydrogens (tertiary/aromatic N) is 1. The Morgan fingerprint density at radius 1 is 1.24 bits per heavy atom. The summed E-state index contributed by atoms with van der Waals surface area (Å²) in [5.74, 6) is 1.80. The Bertz CT molecular complexity index is 314.